The second kappa shape index (κ2) is 3.51. The van der Waals surface area contributed by atoms with Crippen LogP contribution in [0.2, 0.25) is 5.02 Å². The van der Waals surface area contributed by atoms with E-state index in [1.54, 1.807) is 0 Å². The maximum absolute atomic E-state index is 13.3. The summed E-state index contributed by atoms with van der Waals surface area (Å²) in [5.74, 6) is -1.40. The van der Waals surface area contributed by atoms with E-state index in [0.717, 1.165) is 18.2 Å². The number of anilines is 1. The van der Waals surface area contributed by atoms with E-state index in [-0.39, 0.29) is 22.2 Å². The quantitative estimate of drug-likeness (QED) is 0.820. The van der Waals surface area contributed by atoms with Gasteiger partial charge in [-0.2, -0.15) is 0 Å². The molecule has 0 aliphatic heterocycles. The summed E-state index contributed by atoms with van der Waals surface area (Å²) in [5.41, 5.74) is 5.21. The molecule has 0 radical (unpaired) electrons. The van der Waals surface area contributed by atoms with Gasteiger partial charge in [0.05, 0.1) is 5.56 Å². The van der Waals surface area contributed by atoms with Crippen molar-refractivity contribution in [1.29, 1.82) is 0 Å². The van der Waals surface area contributed by atoms with E-state index in [0.29, 0.717) is 0 Å². The smallest absolute Gasteiger partial charge is 0.190 e. The van der Waals surface area contributed by atoms with Crippen LogP contribution in [-0.4, -0.2) is 5.16 Å². The third-order valence-corrected chi connectivity index (χ3v) is 2.20. The molecule has 2 rings (SSSR count). The van der Waals surface area contributed by atoms with Gasteiger partial charge in [0.15, 0.2) is 11.6 Å². The van der Waals surface area contributed by atoms with Crippen molar-refractivity contribution in [1.82, 2.24) is 5.16 Å². The molecule has 1 aromatic carbocycles. The van der Waals surface area contributed by atoms with Crippen molar-refractivity contribution >= 4 is 17.4 Å². The highest BCUT2D eigenvalue weighted by atomic mass is 35.5. The minimum absolute atomic E-state index is 0.0282. The summed E-state index contributed by atoms with van der Waals surface area (Å²) in [4.78, 5) is 0. The zero-order valence-electron chi connectivity index (χ0n) is 7.30. The molecule has 3 nitrogen and oxygen atoms in total. The summed E-state index contributed by atoms with van der Waals surface area (Å²) < 4.78 is 30.9. The van der Waals surface area contributed by atoms with Crippen LogP contribution < -0.4 is 5.73 Å². The number of rotatable bonds is 1. The molecule has 0 spiro atoms. The van der Waals surface area contributed by atoms with Gasteiger partial charge >= 0.3 is 0 Å². The SMILES string of the molecule is Nc1noc(-c2cc(F)ccc2F)c1Cl. The third-order valence-electron chi connectivity index (χ3n) is 1.83. The highest BCUT2D eigenvalue weighted by molar-refractivity contribution is 6.35. The van der Waals surface area contributed by atoms with Crippen LogP contribution >= 0.6 is 11.6 Å². The highest BCUT2D eigenvalue weighted by Gasteiger charge is 2.17. The Hall–Kier alpha value is -1.62. The number of hydrogen-bond acceptors (Lipinski definition) is 3. The Balaban J connectivity index is 2.63. The zero-order valence-corrected chi connectivity index (χ0v) is 8.05. The normalized spacial score (nSPS) is 10.6. The number of nitrogens with zero attached hydrogens (tertiary/aromatic N) is 1. The first-order chi connectivity index (χ1) is 7.09. The Morgan fingerprint density at radius 2 is 2.07 bits per heavy atom. The minimum atomic E-state index is -0.658. The topological polar surface area (TPSA) is 52.0 Å². The molecule has 2 N–H and O–H groups in total. The predicted molar refractivity (Wildman–Crippen MR) is 51.3 cm³/mol. The van der Waals surface area contributed by atoms with Crippen LogP contribution in [0.25, 0.3) is 11.3 Å². The molecule has 0 fully saturated rings. The molecule has 0 atom stereocenters. The lowest BCUT2D eigenvalue weighted by Gasteiger charge is -1.98. The van der Waals surface area contributed by atoms with E-state index in [9.17, 15) is 8.78 Å². The molecule has 1 heterocycles. The first kappa shape index (κ1) is 9.92. The van der Waals surface area contributed by atoms with Gasteiger partial charge in [0.25, 0.3) is 0 Å². The second-order valence-corrected chi connectivity index (χ2v) is 3.21. The first-order valence-corrected chi connectivity index (χ1v) is 4.33. The third kappa shape index (κ3) is 1.66. The van der Waals surface area contributed by atoms with Gasteiger partial charge in [-0.25, -0.2) is 8.78 Å². The fraction of sp³-hybridized carbons (Fsp3) is 0. The minimum Gasteiger partial charge on any atom is -0.380 e. The van der Waals surface area contributed by atoms with Crippen LogP contribution in [-0.2, 0) is 0 Å². The number of benzene rings is 1. The molecular formula is C9H5ClF2N2O. The standard InChI is InChI=1S/C9H5ClF2N2O/c10-7-8(15-14-9(7)13)5-3-4(11)1-2-6(5)12/h1-3H,(H2,13,14). The van der Waals surface area contributed by atoms with E-state index >= 15 is 0 Å². The van der Waals surface area contributed by atoms with Crippen molar-refractivity contribution in [2.24, 2.45) is 0 Å². The summed E-state index contributed by atoms with van der Waals surface area (Å²) in [5, 5.41) is 3.32. The van der Waals surface area contributed by atoms with Gasteiger partial charge < -0.3 is 10.3 Å². The van der Waals surface area contributed by atoms with Crippen molar-refractivity contribution in [3.05, 3.63) is 34.9 Å². The fourth-order valence-electron chi connectivity index (χ4n) is 1.13. The summed E-state index contributed by atoms with van der Waals surface area (Å²) >= 11 is 5.70. The van der Waals surface area contributed by atoms with Gasteiger partial charge in [-0.05, 0) is 18.2 Å². The van der Waals surface area contributed by atoms with Crippen LogP contribution in [0.3, 0.4) is 0 Å². The van der Waals surface area contributed by atoms with Crippen molar-refractivity contribution in [3.63, 3.8) is 0 Å². The lowest BCUT2D eigenvalue weighted by atomic mass is 10.1. The van der Waals surface area contributed by atoms with Crippen molar-refractivity contribution < 1.29 is 13.3 Å². The molecule has 0 aliphatic rings. The fourth-order valence-corrected chi connectivity index (χ4v) is 1.30. The molecule has 78 valence electrons. The van der Waals surface area contributed by atoms with Gasteiger partial charge in [0, 0.05) is 0 Å². The molecule has 1 aromatic heterocycles. The molecule has 0 saturated carbocycles. The molecule has 0 amide bonds. The van der Waals surface area contributed by atoms with Crippen LogP contribution in [0.4, 0.5) is 14.6 Å². The lowest BCUT2D eigenvalue weighted by molar-refractivity contribution is 0.433. The predicted octanol–water partition coefficient (Wildman–Crippen LogP) is 2.86. The van der Waals surface area contributed by atoms with Gasteiger partial charge in [-0.3, -0.25) is 0 Å². The van der Waals surface area contributed by atoms with Crippen molar-refractivity contribution in [2.75, 3.05) is 5.73 Å². The van der Waals surface area contributed by atoms with E-state index in [1.165, 1.54) is 0 Å². The Bertz CT molecular complexity index is 513. The Morgan fingerprint density at radius 1 is 1.33 bits per heavy atom. The average molecular weight is 231 g/mol. The van der Waals surface area contributed by atoms with E-state index in [2.05, 4.69) is 5.16 Å². The number of halogens is 3. The zero-order chi connectivity index (χ0) is 11.0. The molecule has 0 unspecified atom stereocenters. The molecule has 0 aliphatic carbocycles. The maximum atomic E-state index is 13.3. The van der Waals surface area contributed by atoms with Crippen molar-refractivity contribution in [3.8, 4) is 11.3 Å². The molecule has 6 heteroatoms. The van der Waals surface area contributed by atoms with E-state index < -0.39 is 11.6 Å². The van der Waals surface area contributed by atoms with Crippen LogP contribution in [0.5, 0.6) is 0 Å². The Morgan fingerprint density at radius 3 is 2.67 bits per heavy atom. The van der Waals surface area contributed by atoms with Crippen molar-refractivity contribution in [2.45, 2.75) is 0 Å². The monoisotopic (exact) mass is 230 g/mol. The molecular weight excluding hydrogens is 226 g/mol. The van der Waals surface area contributed by atoms with E-state index in [1.807, 2.05) is 0 Å². The van der Waals surface area contributed by atoms with E-state index in [4.69, 9.17) is 21.9 Å². The molecule has 2 aromatic rings. The van der Waals surface area contributed by atoms with Gasteiger partial charge in [0.2, 0.25) is 0 Å². The molecule has 0 saturated heterocycles. The van der Waals surface area contributed by atoms with Gasteiger partial charge in [-0.15, -0.1) is 0 Å². The number of nitrogens with two attached hydrogens (primary N) is 1. The van der Waals surface area contributed by atoms with Crippen LogP contribution in [0.1, 0.15) is 0 Å². The first-order valence-electron chi connectivity index (χ1n) is 3.95. The average Bonchev–Trinajstić information content (AvgIpc) is 2.52. The summed E-state index contributed by atoms with van der Waals surface area (Å²) in [6, 6.07) is 2.92. The maximum Gasteiger partial charge on any atom is 0.190 e. The summed E-state index contributed by atoms with van der Waals surface area (Å²) in [6.07, 6.45) is 0. The summed E-state index contributed by atoms with van der Waals surface area (Å²) in [7, 11) is 0. The number of hydrogen-bond donors (Lipinski definition) is 1. The molecule has 0 bridgehead atoms. The lowest BCUT2D eigenvalue weighted by Crippen LogP contribution is -1.86. The highest BCUT2D eigenvalue weighted by Crippen LogP contribution is 2.33. The Kier molecular flexibility index (Phi) is 2.32. The summed E-state index contributed by atoms with van der Waals surface area (Å²) in [6.45, 7) is 0. The van der Waals surface area contributed by atoms with Crippen LogP contribution in [0.15, 0.2) is 22.7 Å². The van der Waals surface area contributed by atoms with Crippen LogP contribution in [0, 0.1) is 11.6 Å². The largest absolute Gasteiger partial charge is 0.380 e. The van der Waals surface area contributed by atoms with Gasteiger partial charge in [-0.1, -0.05) is 16.8 Å². The van der Waals surface area contributed by atoms with Gasteiger partial charge in [0.1, 0.15) is 16.7 Å². The number of aromatic nitrogens is 1. The molecule has 15 heavy (non-hydrogen) atoms. The number of nitrogen functional groups attached to an aromatic ring is 1. The second-order valence-electron chi connectivity index (χ2n) is 2.84. The Labute approximate surface area is 88.4 Å².